The van der Waals surface area contributed by atoms with E-state index < -0.39 is 0 Å². The first-order valence-electron chi connectivity index (χ1n) is 5.29. The van der Waals surface area contributed by atoms with Gasteiger partial charge in [-0.15, -0.1) is 11.3 Å². The number of thiophene rings is 1. The van der Waals surface area contributed by atoms with Crippen molar-refractivity contribution in [3.63, 3.8) is 0 Å². The number of halogens is 1. The van der Waals surface area contributed by atoms with Gasteiger partial charge in [-0.05, 0) is 46.7 Å². The van der Waals surface area contributed by atoms with Crippen LogP contribution in [0.25, 0.3) is 0 Å². The van der Waals surface area contributed by atoms with Gasteiger partial charge in [0, 0.05) is 14.7 Å². The van der Waals surface area contributed by atoms with Crippen molar-refractivity contribution in [2.75, 3.05) is 14.2 Å². The van der Waals surface area contributed by atoms with E-state index in [1.54, 1.807) is 18.4 Å². The molecular formula is C13H14BrNOS. The van der Waals surface area contributed by atoms with Crippen molar-refractivity contribution in [1.29, 1.82) is 0 Å². The van der Waals surface area contributed by atoms with Crippen LogP contribution >= 0.6 is 27.3 Å². The molecule has 2 nitrogen and oxygen atoms in total. The van der Waals surface area contributed by atoms with E-state index in [-0.39, 0.29) is 6.04 Å². The molecule has 4 heteroatoms. The van der Waals surface area contributed by atoms with Crippen molar-refractivity contribution in [2.24, 2.45) is 0 Å². The second-order valence-electron chi connectivity index (χ2n) is 3.66. The van der Waals surface area contributed by atoms with E-state index in [0.717, 1.165) is 10.2 Å². The molecule has 0 fully saturated rings. The van der Waals surface area contributed by atoms with Crippen LogP contribution in [0.15, 0.2) is 40.2 Å². The smallest absolute Gasteiger partial charge is 0.118 e. The summed E-state index contributed by atoms with van der Waals surface area (Å²) < 4.78 is 6.30. The molecule has 0 aliphatic rings. The van der Waals surface area contributed by atoms with Crippen molar-refractivity contribution in [3.05, 3.63) is 50.6 Å². The van der Waals surface area contributed by atoms with Crippen LogP contribution in [0, 0.1) is 0 Å². The summed E-state index contributed by atoms with van der Waals surface area (Å²) in [5.41, 5.74) is 1.24. The summed E-state index contributed by atoms with van der Waals surface area (Å²) in [6, 6.07) is 10.5. The maximum absolute atomic E-state index is 5.17. The van der Waals surface area contributed by atoms with Gasteiger partial charge >= 0.3 is 0 Å². The average Bonchev–Trinajstić information content (AvgIpc) is 2.78. The quantitative estimate of drug-likeness (QED) is 0.926. The zero-order chi connectivity index (χ0) is 12.3. The second-order valence-corrected chi connectivity index (χ2v) is 5.52. The van der Waals surface area contributed by atoms with Gasteiger partial charge < -0.3 is 10.1 Å². The Morgan fingerprint density at radius 3 is 2.47 bits per heavy atom. The molecule has 2 aromatic rings. The van der Waals surface area contributed by atoms with Crippen LogP contribution in [0.1, 0.15) is 16.5 Å². The summed E-state index contributed by atoms with van der Waals surface area (Å²) >= 11 is 5.23. The third-order valence-electron chi connectivity index (χ3n) is 2.61. The number of nitrogens with one attached hydrogen (secondary N) is 1. The lowest BCUT2D eigenvalue weighted by atomic mass is 10.1. The maximum Gasteiger partial charge on any atom is 0.118 e. The van der Waals surface area contributed by atoms with Gasteiger partial charge in [-0.3, -0.25) is 0 Å². The first-order valence-corrected chi connectivity index (χ1v) is 6.97. The van der Waals surface area contributed by atoms with Gasteiger partial charge in [0.1, 0.15) is 5.75 Å². The molecule has 1 unspecified atom stereocenters. The third kappa shape index (κ3) is 2.89. The lowest BCUT2D eigenvalue weighted by Gasteiger charge is -2.15. The SMILES string of the molecule is CNC(c1ccc(OC)cc1)c1cc(Br)cs1. The highest BCUT2D eigenvalue weighted by Gasteiger charge is 2.13. The molecule has 0 amide bonds. The summed E-state index contributed by atoms with van der Waals surface area (Å²) in [4.78, 5) is 1.30. The Morgan fingerprint density at radius 1 is 1.29 bits per heavy atom. The Bertz CT molecular complexity index is 480. The predicted molar refractivity (Wildman–Crippen MR) is 75.9 cm³/mol. The van der Waals surface area contributed by atoms with Crippen molar-refractivity contribution in [3.8, 4) is 5.75 Å². The minimum atomic E-state index is 0.234. The Kier molecular flexibility index (Phi) is 4.20. The van der Waals surface area contributed by atoms with Gasteiger partial charge in [-0.1, -0.05) is 12.1 Å². The summed E-state index contributed by atoms with van der Waals surface area (Å²) in [6.07, 6.45) is 0. The molecule has 0 spiro atoms. The number of benzene rings is 1. The standard InChI is InChI=1S/C13H14BrNOS/c1-15-13(12-7-10(14)8-17-12)9-3-5-11(16-2)6-4-9/h3-8,13,15H,1-2H3. The lowest BCUT2D eigenvalue weighted by molar-refractivity contribution is 0.414. The molecular weight excluding hydrogens is 298 g/mol. The van der Waals surface area contributed by atoms with E-state index in [1.165, 1.54) is 10.4 Å². The van der Waals surface area contributed by atoms with Crippen LogP contribution in [0.5, 0.6) is 5.75 Å². The first-order chi connectivity index (χ1) is 8.24. The normalized spacial score (nSPS) is 12.4. The van der Waals surface area contributed by atoms with Gasteiger partial charge in [0.15, 0.2) is 0 Å². The number of methoxy groups -OCH3 is 1. The van der Waals surface area contributed by atoms with E-state index in [1.807, 2.05) is 19.2 Å². The fourth-order valence-corrected chi connectivity index (χ4v) is 3.33. The molecule has 17 heavy (non-hydrogen) atoms. The molecule has 1 aromatic carbocycles. The van der Waals surface area contributed by atoms with Gasteiger partial charge in [-0.2, -0.15) is 0 Å². The van der Waals surface area contributed by atoms with Crippen molar-refractivity contribution >= 4 is 27.3 Å². The van der Waals surface area contributed by atoms with Crippen molar-refractivity contribution in [1.82, 2.24) is 5.32 Å². The van der Waals surface area contributed by atoms with Crippen LogP contribution in [0.4, 0.5) is 0 Å². The minimum Gasteiger partial charge on any atom is -0.497 e. The Labute approximate surface area is 114 Å². The first kappa shape index (κ1) is 12.6. The molecule has 0 radical (unpaired) electrons. The zero-order valence-corrected chi connectivity index (χ0v) is 12.1. The van der Waals surface area contributed by atoms with E-state index in [4.69, 9.17) is 4.74 Å². The summed E-state index contributed by atoms with van der Waals surface area (Å²) in [5.74, 6) is 0.885. The van der Waals surface area contributed by atoms with Crippen LogP contribution in [-0.4, -0.2) is 14.2 Å². The molecule has 1 atom stereocenters. The van der Waals surface area contributed by atoms with Gasteiger partial charge in [-0.25, -0.2) is 0 Å². The van der Waals surface area contributed by atoms with E-state index in [0.29, 0.717) is 0 Å². The largest absolute Gasteiger partial charge is 0.497 e. The number of hydrogen-bond acceptors (Lipinski definition) is 3. The van der Waals surface area contributed by atoms with Crippen molar-refractivity contribution < 1.29 is 4.74 Å². The van der Waals surface area contributed by atoms with Crippen LogP contribution in [0.3, 0.4) is 0 Å². The maximum atomic E-state index is 5.17. The van der Waals surface area contributed by atoms with Gasteiger partial charge in [0.05, 0.1) is 13.2 Å². The molecule has 0 aliphatic heterocycles. The van der Waals surface area contributed by atoms with Crippen LogP contribution in [0.2, 0.25) is 0 Å². The Balaban J connectivity index is 2.28. The third-order valence-corrected chi connectivity index (χ3v) is 4.37. The molecule has 1 N–H and O–H groups in total. The topological polar surface area (TPSA) is 21.3 Å². The fourth-order valence-electron chi connectivity index (χ4n) is 1.75. The molecule has 90 valence electrons. The van der Waals surface area contributed by atoms with Crippen molar-refractivity contribution in [2.45, 2.75) is 6.04 Å². The average molecular weight is 312 g/mol. The summed E-state index contributed by atoms with van der Waals surface area (Å²) in [6.45, 7) is 0. The van der Waals surface area contributed by atoms with E-state index in [9.17, 15) is 0 Å². The molecule has 2 rings (SSSR count). The Morgan fingerprint density at radius 2 is 2.00 bits per heavy atom. The van der Waals surface area contributed by atoms with Crippen LogP contribution < -0.4 is 10.1 Å². The van der Waals surface area contributed by atoms with Crippen LogP contribution in [-0.2, 0) is 0 Å². The molecule has 1 heterocycles. The van der Waals surface area contributed by atoms with Gasteiger partial charge in [0.25, 0.3) is 0 Å². The second kappa shape index (κ2) is 5.67. The zero-order valence-electron chi connectivity index (χ0n) is 9.74. The highest BCUT2D eigenvalue weighted by molar-refractivity contribution is 9.10. The molecule has 0 aliphatic carbocycles. The lowest BCUT2D eigenvalue weighted by Crippen LogP contribution is -2.16. The number of ether oxygens (including phenoxy) is 1. The number of rotatable bonds is 4. The highest BCUT2D eigenvalue weighted by atomic mass is 79.9. The van der Waals surface area contributed by atoms with Gasteiger partial charge in [0.2, 0.25) is 0 Å². The monoisotopic (exact) mass is 311 g/mol. The highest BCUT2D eigenvalue weighted by Crippen LogP contribution is 2.30. The molecule has 0 saturated heterocycles. The predicted octanol–water partition coefficient (Wildman–Crippen LogP) is 3.83. The number of hydrogen-bond donors (Lipinski definition) is 1. The summed E-state index contributed by atoms with van der Waals surface area (Å²) in [5, 5.41) is 5.43. The summed E-state index contributed by atoms with van der Waals surface area (Å²) in [7, 11) is 3.66. The molecule has 0 bridgehead atoms. The van der Waals surface area contributed by atoms with E-state index in [2.05, 4.69) is 44.8 Å². The Hall–Kier alpha value is -0.840. The molecule has 0 saturated carbocycles. The fraction of sp³-hybridized carbons (Fsp3) is 0.231. The van der Waals surface area contributed by atoms with E-state index >= 15 is 0 Å². The minimum absolute atomic E-state index is 0.234. The molecule has 1 aromatic heterocycles.